The van der Waals surface area contributed by atoms with Crippen molar-refractivity contribution in [3.63, 3.8) is 0 Å². The molecule has 4 bridgehead atoms. The second kappa shape index (κ2) is 15.0. The summed E-state index contributed by atoms with van der Waals surface area (Å²) in [6.45, 7) is 15.3. The van der Waals surface area contributed by atoms with Crippen molar-refractivity contribution in [2.45, 2.75) is 113 Å². The molecule has 6 fully saturated rings. The number of piperidine rings is 6. The first kappa shape index (κ1) is 36.5. The highest BCUT2D eigenvalue weighted by Crippen LogP contribution is 2.46. The Balaban J connectivity index is 0.801. The van der Waals surface area contributed by atoms with E-state index in [0.29, 0.717) is 0 Å². The molecule has 0 saturated carbocycles. The maximum Gasteiger partial charge on any atom is 0.0952 e. The van der Waals surface area contributed by atoms with Gasteiger partial charge in [0.15, 0.2) is 0 Å². The van der Waals surface area contributed by atoms with Crippen LogP contribution in [0.2, 0.25) is 50.4 Å². The third-order valence-corrected chi connectivity index (χ3v) is 21.5. The molecule has 10 rings (SSSR count). The first-order chi connectivity index (χ1) is 25.1. The van der Waals surface area contributed by atoms with Gasteiger partial charge in [0.05, 0.1) is 23.2 Å². The van der Waals surface area contributed by atoms with Crippen molar-refractivity contribution in [3.05, 3.63) is 84.2 Å². The van der Waals surface area contributed by atoms with Crippen LogP contribution in [0.25, 0.3) is 21.8 Å². The highest BCUT2D eigenvalue weighted by molar-refractivity contribution is 6.82. The Morgan fingerprint density at radius 1 is 0.615 bits per heavy atom. The summed E-state index contributed by atoms with van der Waals surface area (Å²) >= 11 is 0. The van der Waals surface area contributed by atoms with Crippen molar-refractivity contribution < 1.29 is 10.2 Å². The standard InChI is InChI=1S/C44H62N4O2Si2/c1-51(2,23-17-33-29-47-21-15-31(33)27-41(47)43(49)37-13-19-45-39-11-7-5-9-35(37)39)25-26-52(3,4)24-18-34-30-48-22-16-32(34)28-42(48)44(50)38-14-20-46-40-12-8-6-10-36(38)40/h5-14,19-20,31-34,41-44,49-50H,15-18,21-30H2,1-4H3/t31-,32-,33-,34-,41-,42-,43+,44+/m0/s1. The molecular weight excluding hydrogens is 673 g/mol. The van der Waals surface area contributed by atoms with Gasteiger partial charge in [-0.3, -0.25) is 19.8 Å². The average molecular weight is 735 g/mol. The van der Waals surface area contributed by atoms with Gasteiger partial charge in [-0.15, -0.1) is 0 Å². The van der Waals surface area contributed by atoms with Crippen LogP contribution in [-0.2, 0) is 0 Å². The number of para-hydroxylation sites is 2. The molecule has 0 amide bonds. The van der Waals surface area contributed by atoms with Crippen LogP contribution in [0.1, 0.15) is 61.9 Å². The van der Waals surface area contributed by atoms with E-state index in [0.717, 1.165) is 95.6 Å². The van der Waals surface area contributed by atoms with Gasteiger partial charge in [-0.2, -0.15) is 0 Å². The van der Waals surface area contributed by atoms with Crippen molar-refractivity contribution >= 4 is 38.0 Å². The average Bonchev–Trinajstić information content (AvgIpc) is 3.18. The number of hydrogen-bond donors (Lipinski definition) is 2. The summed E-state index contributed by atoms with van der Waals surface area (Å²) in [5, 5.41) is 25.5. The van der Waals surface area contributed by atoms with E-state index in [4.69, 9.17) is 0 Å². The van der Waals surface area contributed by atoms with E-state index in [1.54, 1.807) is 0 Å². The molecule has 6 nitrogen and oxygen atoms in total. The quantitative estimate of drug-likeness (QED) is 0.134. The van der Waals surface area contributed by atoms with Gasteiger partial charge >= 0.3 is 0 Å². The largest absolute Gasteiger partial charge is 0.387 e. The highest BCUT2D eigenvalue weighted by Gasteiger charge is 2.45. The van der Waals surface area contributed by atoms with Gasteiger partial charge in [0.25, 0.3) is 0 Å². The van der Waals surface area contributed by atoms with Crippen LogP contribution >= 0.6 is 0 Å². The van der Waals surface area contributed by atoms with E-state index in [-0.39, 0.29) is 12.1 Å². The predicted octanol–water partition coefficient (Wildman–Crippen LogP) is 9.17. The molecule has 52 heavy (non-hydrogen) atoms. The lowest BCUT2D eigenvalue weighted by atomic mass is 9.72. The zero-order chi connectivity index (χ0) is 36.0. The minimum absolute atomic E-state index is 0.228. The van der Waals surface area contributed by atoms with E-state index in [1.807, 2.05) is 36.7 Å². The number of rotatable bonds is 13. The summed E-state index contributed by atoms with van der Waals surface area (Å²) in [5.41, 5.74) is 4.05. The van der Waals surface area contributed by atoms with Gasteiger partial charge in [0.2, 0.25) is 0 Å². The number of pyridine rings is 2. The predicted molar refractivity (Wildman–Crippen MR) is 220 cm³/mol. The molecule has 2 aromatic heterocycles. The molecule has 0 spiro atoms. The first-order valence-electron chi connectivity index (χ1n) is 20.6. The summed E-state index contributed by atoms with van der Waals surface area (Å²) in [4.78, 5) is 14.3. The topological polar surface area (TPSA) is 72.7 Å². The van der Waals surface area contributed by atoms with Crippen LogP contribution in [0.5, 0.6) is 0 Å². The molecule has 2 unspecified atom stereocenters. The number of nitrogens with zero attached hydrogens (tertiary/aromatic N) is 4. The van der Waals surface area contributed by atoms with Crippen molar-refractivity contribution in [1.82, 2.24) is 19.8 Å². The molecule has 10 atom stereocenters. The fraction of sp³-hybridized carbons (Fsp3) is 0.591. The Morgan fingerprint density at radius 3 is 1.44 bits per heavy atom. The lowest BCUT2D eigenvalue weighted by Gasteiger charge is -2.52. The van der Waals surface area contributed by atoms with Crippen LogP contribution in [0.4, 0.5) is 0 Å². The second-order valence-corrected chi connectivity index (χ2v) is 29.5. The Kier molecular flexibility index (Phi) is 10.5. The molecule has 4 aromatic rings. The normalized spacial score (nSPS) is 30.2. The van der Waals surface area contributed by atoms with Gasteiger partial charge in [-0.1, -0.05) is 99.6 Å². The first-order valence-corrected chi connectivity index (χ1v) is 27.4. The molecule has 0 radical (unpaired) electrons. The summed E-state index contributed by atoms with van der Waals surface area (Å²) < 4.78 is 0. The molecule has 8 heteroatoms. The molecule has 278 valence electrons. The molecule has 8 heterocycles. The number of benzene rings is 2. The van der Waals surface area contributed by atoms with Crippen LogP contribution < -0.4 is 0 Å². The monoisotopic (exact) mass is 734 g/mol. The summed E-state index contributed by atoms with van der Waals surface area (Å²) in [5.74, 6) is 3.08. The van der Waals surface area contributed by atoms with E-state index in [1.165, 1.54) is 49.9 Å². The zero-order valence-corrected chi connectivity index (χ0v) is 34.1. The van der Waals surface area contributed by atoms with Gasteiger partial charge in [0.1, 0.15) is 0 Å². The Labute approximate surface area is 314 Å². The van der Waals surface area contributed by atoms with Gasteiger partial charge < -0.3 is 10.2 Å². The van der Waals surface area contributed by atoms with E-state index in [9.17, 15) is 10.2 Å². The third kappa shape index (κ3) is 7.58. The van der Waals surface area contributed by atoms with E-state index in [2.05, 4.69) is 82.4 Å². The fourth-order valence-electron chi connectivity index (χ4n) is 10.9. The van der Waals surface area contributed by atoms with Crippen LogP contribution in [0.3, 0.4) is 0 Å². The van der Waals surface area contributed by atoms with Crippen LogP contribution in [-0.4, -0.2) is 84.4 Å². The second-order valence-electron chi connectivity index (χ2n) is 18.8. The Hall–Kier alpha value is -2.47. The summed E-state index contributed by atoms with van der Waals surface area (Å²) in [7, 11) is -2.57. The minimum atomic E-state index is -1.28. The molecular formula is C44H62N4O2Si2. The Bertz CT molecular complexity index is 1710. The van der Waals surface area contributed by atoms with Crippen molar-refractivity contribution in [2.24, 2.45) is 23.7 Å². The molecule has 6 aliphatic heterocycles. The Morgan fingerprint density at radius 2 is 1.04 bits per heavy atom. The zero-order valence-electron chi connectivity index (χ0n) is 32.1. The van der Waals surface area contributed by atoms with Crippen LogP contribution in [0.15, 0.2) is 73.1 Å². The van der Waals surface area contributed by atoms with Crippen LogP contribution in [0, 0.1) is 23.7 Å². The van der Waals surface area contributed by atoms with Gasteiger partial charge in [-0.05, 0) is 97.8 Å². The maximum absolute atomic E-state index is 11.6. The molecule has 6 aliphatic rings. The molecule has 2 aromatic carbocycles. The number of hydrogen-bond acceptors (Lipinski definition) is 6. The van der Waals surface area contributed by atoms with E-state index < -0.39 is 28.4 Å². The lowest BCUT2D eigenvalue weighted by Crippen LogP contribution is -2.55. The molecule has 6 saturated heterocycles. The third-order valence-electron chi connectivity index (χ3n) is 14.5. The smallest absolute Gasteiger partial charge is 0.0952 e. The summed E-state index contributed by atoms with van der Waals surface area (Å²) in [6.07, 6.45) is 10.4. The van der Waals surface area contributed by atoms with E-state index >= 15 is 0 Å². The molecule has 0 aliphatic carbocycles. The van der Waals surface area contributed by atoms with Gasteiger partial charge in [-0.25, -0.2) is 0 Å². The van der Waals surface area contributed by atoms with Crippen molar-refractivity contribution in [2.75, 3.05) is 26.2 Å². The number of aliphatic hydroxyl groups is 2. The minimum Gasteiger partial charge on any atom is -0.387 e. The fourth-order valence-corrected chi connectivity index (χ4v) is 19.1. The SMILES string of the molecule is C[Si](C)(CC[C@H]1CN2CC[C@H]1C[C@H]2[C@H](O)c1ccnc2ccccc12)CC[Si](C)(C)CC[C@H]1CN2CC[C@H]1C[C@H]2[C@H](O)c1ccnc2ccccc12. The lowest BCUT2D eigenvalue weighted by molar-refractivity contribution is -0.0563. The van der Waals surface area contributed by atoms with Gasteiger partial charge in [0, 0.05) is 64.5 Å². The number of aromatic nitrogens is 2. The van der Waals surface area contributed by atoms with Crippen molar-refractivity contribution in [3.8, 4) is 0 Å². The summed E-state index contributed by atoms with van der Waals surface area (Å²) in [6, 6.07) is 26.9. The number of fused-ring (bicyclic) bond motifs is 8. The number of aliphatic hydroxyl groups excluding tert-OH is 2. The highest BCUT2D eigenvalue weighted by atomic mass is 28.3. The molecule has 2 N–H and O–H groups in total. The van der Waals surface area contributed by atoms with Crippen molar-refractivity contribution in [1.29, 1.82) is 0 Å². The maximum atomic E-state index is 11.6.